The van der Waals surface area contributed by atoms with E-state index in [2.05, 4.69) is 0 Å². The number of carbonyl (C=O) groups excluding carboxylic acids is 1. The molecule has 1 heterocycles. The van der Waals surface area contributed by atoms with Crippen molar-refractivity contribution in [2.24, 2.45) is 0 Å². The van der Waals surface area contributed by atoms with Crippen LogP contribution in [0.25, 0.3) is 10.9 Å². The Morgan fingerprint density at radius 1 is 1.14 bits per heavy atom. The second-order valence-electron chi connectivity index (χ2n) is 4.75. The molecule has 3 rings (SSSR count). The predicted octanol–water partition coefficient (Wildman–Crippen LogP) is 4.16. The highest BCUT2D eigenvalue weighted by molar-refractivity contribution is 6.34. The minimum absolute atomic E-state index is 0.438. The van der Waals surface area contributed by atoms with Crippen molar-refractivity contribution in [3.05, 3.63) is 64.8 Å². The van der Waals surface area contributed by atoms with Crippen LogP contribution in [-0.2, 0) is 6.54 Å². The highest BCUT2D eigenvalue weighted by atomic mass is 35.5. The normalized spacial score (nSPS) is 10.8. The van der Waals surface area contributed by atoms with Crippen LogP contribution in [0, 0.1) is 0 Å². The van der Waals surface area contributed by atoms with Crippen molar-refractivity contribution in [2.45, 2.75) is 6.54 Å². The number of para-hydroxylation sites is 1. The molecule has 0 aliphatic carbocycles. The van der Waals surface area contributed by atoms with Crippen LogP contribution in [0.15, 0.2) is 48.5 Å². The fraction of sp³-hybridized carbons (Fsp3) is 0.118. The summed E-state index contributed by atoms with van der Waals surface area (Å²) in [5.41, 5.74) is 2.46. The molecule has 21 heavy (non-hydrogen) atoms. The van der Waals surface area contributed by atoms with Gasteiger partial charge in [0.1, 0.15) is 10.9 Å². The molecule has 2 aromatic carbocycles. The number of fused-ring (bicyclic) bond motifs is 1. The van der Waals surface area contributed by atoms with E-state index in [9.17, 15) is 4.79 Å². The smallest absolute Gasteiger partial charge is 0.153 e. The molecule has 0 aliphatic rings. The van der Waals surface area contributed by atoms with Gasteiger partial charge in [-0.05, 0) is 11.6 Å². The molecule has 0 saturated heterocycles. The third-order valence-corrected chi connectivity index (χ3v) is 3.95. The van der Waals surface area contributed by atoms with E-state index in [0.29, 0.717) is 23.0 Å². The molecule has 0 bridgehead atoms. The Hall–Kier alpha value is -2.26. The van der Waals surface area contributed by atoms with E-state index in [0.717, 1.165) is 22.8 Å². The topological polar surface area (TPSA) is 31.2 Å². The molecule has 3 aromatic rings. The van der Waals surface area contributed by atoms with Crippen LogP contribution in [0.5, 0.6) is 5.75 Å². The van der Waals surface area contributed by atoms with Gasteiger partial charge < -0.3 is 9.30 Å². The lowest BCUT2D eigenvalue weighted by Gasteiger charge is -2.10. The maximum Gasteiger partial charge on any atom is 0.153 e. The minimum atomic E-state index is 0.438. The number of halogens is 1. The monoisotopic (exact) mass is 299 g/mol. The average Bonchev–Trinajstić information content (AvgIpc) is 2.80. The molecular formula is C17H14ClNO2. The fourth-order valence-electron chi connectivity index (χ4n) is 2.56. The minimum Gasteiger partial charge on any atom is -0.495 e. The van der Waals surface area contributed by atoms with Gasteiger partial charge in [0.15, 0.2) is 6.29 Å². The maximum atomic E-state index is 11.4. The molecule has 0 atom stereocenters. The molecule has 1 aromatic heterocycles. The summed E-state index contributed by atoms with van der Waals surface area (Å²) in [6.45, 7) is 0.588. The third-order valence-electron chi connectivity index (χ3n) is 3.54. The summed E-state index contributed by atoms with van der Waals surface area (Å²) in [6.07, 6.45) is 0.797. The number of aldehydes is 1. The second-order valence-corrected chi connectivity index (χ2v) is 5.11. The van der Waals surface area contributed by atoms with Crippen LogP contribution < -0.4 is 4.74 Å². The number of carbonyl (C=O) groups is 1. The summed E-state index contributed by atoms with van der Waals surface area (Å²) in [7, 11) is 1.61. The van der Waals surface area contributed by atoms with Crippen LogP contribution >= 0.6 is 11.6 Å². The van der Waals surface area contributed by atoms with Crippen LogP contribution in [0.2, 0.25) is 5.15 Å². The summed E-state index contributed by atoms with van der Waals surface area (Å²) in [6, 6.07) is 15.6. The largest absolute Gasteiger partial charge is 0.495 e. The first-order chi connectivity index (χ1) is 10.3. The Morgan fingerprint density at radius 3 is 2.57 bits per heavy atom. The van der Waals surface area contributed by atoms with Crippen LogP contribution in [0.4, 0.5) is 0 Å². The van der Waals surface area contributed by atoms with Gasteiger partial charge in [-0.15, -0.1) is 0 Å². The van der Waals surface area contributed by atoms with Crippen LogP contribution in [0.3, 0.4) is 0 Å². The highest BCUT2D eigenvalue weighted by Gasteiger charge is 2.18. The number of hydrogen-bond donors (Lipinski definition) is 0. The average molecular weight is 300 g/mol. The Bertz CT molecular complexity index is 793. The van der Waals surface area contributed by atoms with E-state index < -0.39 is 0 Å². The second kappa shape index (κ2) is 5.62. The van der Waals surface area contributed by atoms with Crippen molar-refractivity contribution in [2.75, 3.05) is 7.11 Å². The molecule has 106 valence electrons. The van der Waals surface area contributed by atoms with Crippen molar-refractivity contribution in [1.82, 2.24) is 4.57 Å². The molecule has 0 unspecified atom stereocenters. The first kappa shape index (κ1) is 13.7. The van der Waals surface area contributed by atoms with E-state index in [-0.39, 0.29) is 0 Å². The van der Waals surface area contributed by atoms with E-state index in [1.165, 1.54) is 0 Å². The van der Waals surface area contributed by atoms with Crippen LogP contribution in [-0.4, -0.2) is 18.0 Å². The Kier molecular flexibility index (Phi) is 3.67. The first-order valence-corrected chi connectivity index (χ1v) is 6.98. The summed E-state index contributed by atoms with van der Waals surface area (Å²) >= 11 is 6.41. The molecule has 0 N–H and O–H groups in total. The van der Waals surface area contributed by atoms with Gasteiger partial charge in [-0.25, -0.2) is 0 Å². The molecule has 3 nitrogen and oxygen atoms in total. The molecule has 0 amide bonds. The number of nitrogens with zero attached hydrogens (tertiary/aromatic N) is 1. The summed E-state index contributed by atoms with van der Waals surface area (Å²) in [5.74, 6) is 0.707. The molecule has 0 spiro atoms. The molecule has 0 aliphatic heterocycles. The Labute approximate surface area is 127 Å². The van der Waals surface area contributed by atoms with Gasteiger partial charge in [-0.2, -0.15) is 0 Å². The van der Waals surface area contributed by atoms with Crippen LogP contribution in [0.1, 0.15) is 15.9 Å². The lowest BCUT2D eigenvalue weighted by molar-refractivity contribution is 0.112. The van der Waals surface area contributed by atoms with Crippen molar-refractivity contribution in [3.8, 4) is 5.75 Å². The van der Waals surface area contributed by atoms with E-state index in [4.69, 9.17) is 16.3 Å². The van der Waals surface area contributed by atoms with Crippen molar-refractivity contribution < 1.29 is 9.53 Å². The maximum absolute atomic E-state index is 11.4. The van der Waals surface area contributed by atoms with Crippen molar-refractivity contribution >= 4 is 28.8 Å². The Balaban J connectivity index is 2.25. The van der Waals surface area contributed by atoms with Gasteiger partial charge in [0.2, 0.25) is 0 Å². The number of hydrogen-bond acceptors (Lipinski definition) is 2. The number of benzene rings is 2. The Morgan fingerprint density at radius 2 is 1.90 bits per heavy atom. The van der Waals surface area contributed by atoms with Gasteiger partial charge in [0.25, 0.3) is 0 Å². The molecular weight excluding hydrogens is 286 g/mol. The van der Waals surface area contributed by atoms with E-state index in [1.54, 1.807) is 7.11 Å². The number of aromatic nitrogens is 1. The summed E-state index contributed by atoms with van der Waals surface area (Å²) < 4.78 is 7.33. The van der Waals surface area contributed by atoms with Gasteiger partial charge in [-0.3, -0.25) is 4.79 Å². The van der Waals surface area contributed by atoms with Gasteiger partial charge in [0.05, 0.1) is 18.2 Å². The molecule has 0 saturated carbocycles. The fourth-order valence-corrected chi connectivity index (χ4v) is 2.85. The molecule has 0 fully saturated rings. The lowest BCUT2D eigenvalue weighted by Crippen LogP contribution is -2.01. The zero-order valence-electron chi connectivity index (χ0n) is 11.5. The summed E-state index contributed by atoms with van der Waals surface area (Å²) in [4.78, 5) is 11.4. The SMILES string of the molecule is COc1cccc2c(C=O)c(Cl)n(Cc3ccccc3)c12. The highest BCUT2D eigenvalue weighted by Crippen LogP contribution is 2.35. The van der Waals surface area contributed by atoms with E-state index in [1.807, 2.05) is 53.1 Å². The zero-order valence-corrected chi connectivity index (χ0v) is 12.3. The predicted molar refractivity (Wildman–Crippen MR) is 84.4 cm³/mol. The van der Waals surface area contributed by atoms with Gasteiger partial charge >= 0.3 is 0 Å². The molecule has 0 radical (unpaired) electrons. The number of ether oxygens (including phenoxy) is 1. The number of methoxy groups -OCH3 is 1. The third kappa shape index (κ3) is 2.30. The van der Waals surface area contributed by atoms with E-state index >= 15 is 0 Å². The van der Waals surface area contributed by atoms with Crippen molar-refractivity contribution in [3.63, 3.8) is 0 Å². The van der Waals surface area contributed by atoms with Crippen molar-refractivity contribution in [1.29, 1.82) is 0 Å². The lowest BCUT2D eigenvalue weighted by atomic mass is 10.2. The summed E-state index contributed by atoms with van der Waals surface area (Å²) in [5, 5.41) is 1.25. The standard InChI is InChI=1S/C17H14ClNO2/c1-21-15-9-5-8-13-14(11-20)17(18)19(16(13)15)10-12-6-3-2-4-7-12/h2-9,11H,10H2,1H3. The van der Waals surface area contributed by atoms with Gasteiger partial charge in [0, 0.05) is 11.9 Å². The first-order valence-electron chi connectivity index (χ1n) is 6.60. The zero-order chi connectivity index (χ0) is 14.8. The van der Waals surface area contributed by atoms with Gasteiger partial charge in [-0.1, -0.05) is 54.1 Å². The molecule has 4 heteroatoms. The quantitative estimate of drug-likeness (QED) is 0.677. The number of rotatable bonds is 4.